The maximum absolute atomic E-state index is 14.2. The van der Waals surface area contributed by atoms with Gasteiger partial charge in [0.15, 0.2) is 0 Å². The fourth-order valence-electron chi connectivity index (χ4n) is 4.35. The Morgan fingerprint density at radius 2 is 2.16 bits per heavy atom. The zero-order chi connectivity index (χ0) is 26.6. The zero-order valence-corrected chi connectivity index (χ0v) is 21.2. The van der Waals surface area contributed by atoms with Crippen LogP contribution in [0.3, 0.4) is 0 Å². The molecule has 0 unspecified atom stereocenters. The van der Waals surface area contributed by atoms with Crippen molar-refractivity contribution in [2.75, 3.05) is 18.5 Å². The number of aliphatic hydroxyl groups is 1. The van der Waals surface area contributed by atoms with Crippen LogP contribution < -0.4 is 15.4 Å². The molecule has 1 aliphatic heterocycles. The van der Waals surface area contributed by atoms with E-state index < -0.39 is 18.0 Å². The molecule has 1 saturated heterocycles. The molecule has 2 aromatic carbocycles. The van der Waals surface area contributed by atoms with Gasteiger partial charge in [-0.15, -0.1) is 0 Å². The van der Waals surface area contributed by atoms with Crippen molar-refractivity contribution in [1.29, 1.82) is 0 Å². The van der Waals surface area contributed by atoms with Crippen molar-refractivity contribution in [2.45, 2.75) is 31.0 Å². The average Bonchev–Trinajstić information content (AvgIpc) is 3.34. The van der Waals surface area contributed by atoms with Crippen molar-refractivity contribution in [3.63, 3.8) is 0 Å². The molecule has 0 saturated carbocycles. The van der Waals surface area contributed by atoms with E-state index in [0.717, 1.165) is 11.8 Å². The molecule has 3 heterocycles. The molecular formula is C26H26ClFN6O4. The number of nitrogens with zero attached hydrogens (tertiary/aromatic N) is 4. The Morgan fingerprint density at radius 3 is 2.92 bits per heavy atom. The second-order valence-electron chi connectivity index (χ2n) is 9.04. The van der Waals surface area contributed by atoms with E-state index in [2.05, 4.69) is 25.7 Å². The van der Waals surface area contributed by atoms with Crippen LogP contribution in [0.5, 0.6) is 5.75 Å². The normalized spacial score (nSPS) is 18.2. The van der Waals surface area contributed by atoms with Crippen molar-refractivity contribution >= 4 is 34.5 Å². The summed E-state index contributed by atoms with van der Waals surface area (Å²) in [6.45, 7) is 0.514. The molecule has 3 N–H and O–H groups in total. The van der Waals surface area contributed by atoms with Gasteiger partial charge in [-0.25, -0.2) is 19.2 Å². The number of aromatic nitrogens is 4. The summed E-state index contributed by atoms with van der Waals surface area (Å²) in [6.07, 6.45) is 5.47. The summed E-state index contributed by atoms with van der Waals surface area (Å²) in [7, 11) is 1.74. The largest absolute Gasteiger partial charge is 0.413 e. The Bertz CT molecular complexity index is 1450. The third-order valence-corrected chi connectivity index (χ3v) is 6.57. The van der Waals surface area contributed by atoms with Crippen molar-refractivity contribution in [2.24, 2.45) is 7.05 Å². The van der Waals surface area contributed by atoms with Crippen LogP contribution in [0.1, 0.15) is 30.0 Å². The lowest BCUT2D eigenvalue weighted by atomic mass is 10.0. The molecule has 0 bridgehead atoms. The molecular weight excluding hydrogens is 515 g/mol. The van der Waals surface area contributed by atoms with Gasteiger partial charge in [-0.3, -0.25) is 4.68 Å². The molecule has 0 radical (unpaired) electrons. The first-order valence-electron chi connectivity index (χ1n) is 12.1. The molecule has 3 atom stereocenters. The Kier molecular flexibility index (Phi) is 7.68. The van der Waals surface area contributed by atoms with Crippen LogP contribution in [0.15, 0.2) is 55.0 Å². The van der Waals surface area contributed by atoms with E-state index in [4.69, 9.17) is 21.1 Å². The van der Waals surface area contributed by atoms with Crippen LogP contribution in [-0.4, -0.2) is 56.3 Å². The maximum atomic E-state index is 14.2. The summed E-state index contributed by atoms with van der Waals surface area (Å²) in [5.74, 6) is 0.113. The number of amides is 1. The number of benzene rings is 2. The molecule has 1 fully saturated rings. The summed E-state index contributed by atoms with van der Waals surface area (Å²) in [5, 5.41) is 20.3. The first kappa shape index (κ1) is 25.8. The van der Waals surface area contributed by atoms with Crippen LogP contribution >= 0.6 is 11.6 Å². The predicted octanol–water partition coefficient (Wildman–Crippen LogP) is 3.99. The molecule has 4 aromatic rings. The Morgan fingerprint density at radius 1 is 1.29 bits per heavy atom. The highest BCUT2D eigenvalue weighted by Gasteiger charge is 2.23. The molecule has 198 valence electrons. The van der Waals surface area contributed by atoms with Gasteiger partial charge in [0.25, 0.3) is 0 Å². The Balaban J connectivity index is 1.31. The third-order valence-electron chi connectivity index (χ3n) is 6.27. The topological polar surface area (TPSA) is 123 Å². The van der Waals surface area contributed by atoms with Gasteiger partial charge in [-0.2, -0.15) is 5.10 Å². The van der Waals surface area contributed by atoms with Crippen molar-refractivity contribution < 1.29 is 23.8 Å². The van der Waals surface area contributed by atoms with E-state index in [1.165, 1.54) is 12.1 Å². The summed E-state index contributed by atoms with van der Waals surface area (Å²) in [6, 6.07) is 8.73. The second-order valence-corrected chi connectivity index (χ2v) is 9.45. The van der Waals surface area contributed by atoms with Crippen LogP contribution in [0, 0.1) is 5.82 Å². The molecule has 10 nitrogen and oxygen atoms in total. The minimum atomic E-state index is -0.738. The summed E-state index contributed by atoms with van der Waals surface area (Å²) in [5.41, 5.74) is 1.71. The average molecular weight is 541 g/mol. The Labute approximate surface area is 222 Å². The first-order chi connectivity index (χ1) is 18.4. The van der Waals surface area contributed by atoms with Crippen molar-refractivity contribution in [3.05, 3.63) is 77.0 Å². The van der Waals surface area contributed by atoms with Gasteiger partial charge in [-0.1, -0.05) is 17.7 Å². The molecule has 1 aliphatic rings. The van der Waals surface area contributed by atoms with Gasteiger partial charge in [-0.05, 0) is 42.7 Å². The van der Waals surface area contributed by atoms with E-state index in [0.29, 0.717) is 35.6 Å². The zero-order valence-electron chi connectivity index (χ0n) is 20.5. The number of hydrogen-bond acceptors (Lipinski definition) is 8. The quantitative estimate of drug-likeness (QED) is 0.321. The third kappa shape index (κ3) is 6.01. The number of nitrogens with one attached hydrogen (secondary N) is 2. The minimum absolute atomic E-state index is 0.0155. The lowest BCUT2D eigenvalue weighted by Crippen LogP contribution is -2.36. The molecule has 0 spiro atoms. The van der Waals surface area contributed by atoms with Gasteiger partial charge < -0.3 is 25.2 Å². The van der Waals surface area contributed by atoms with Gasteiger partial charge in [0.2, 0.25) is 5.95 Å². The fourth-order valence-corrected chi connectivity index (χ4v) is 4.47. The van der Waals surface area contributed by atoms with E-state index >= 15 is 0 Å². The smallest absolute Gasteiger partial charge is 0.410 e. The molecule has 5 rings (SSSR count). The van der Waals surface area contributed by atoms with Crippen LogP contribution in [-0.2, 0) is 11.8 Å². The highest BCUT2D eigenvalue weighted by atomic mass is 35.5. The van der Waals surface area contributed by atoms with Crippen LogP contribution in [0.4, 0.5) is 15.1 Å². The van der Waals surface area contributed by atoms with Crippen molar-refractivity contribution in [1.82, 2.24) is 25.1 Å². The number of hydrogen-bond donors (Lipinski definition) is 3. The Hall–Kier alpha value is -3.80. The standard InChI is InChI=1S/C26H26ClFN6O4/c1-34-13-17(12-30-34)24(15-3-5-21(27)22(28)8-15)33-26(36)38-19-4-2-16-11-29-25(32-23(16)10-19)31-18-6-7-37-20(9-18)14-35/h2-5,8,10-13,18,20,24,35H,6-7,9,14H2,1H3,(H,33,36)(H,29,31,32)/t18-,20-,24-/m0/s1. The predicted molar refractivity (Wildman–Crippen MR) is 139 cm³/mol. The number of ether oxygens (including phenoxy) is 2. The number of aliphatic hydroxyl groups excluding tert-OH is 1. The first-order valence-corrected chi connectivity index (χ1v) is 12.4. The second kappa shape index (κ2) is 11.3. The maximum Gasteiger partial charge on any atom is 0.413 e. The van der Waals surface area contributed by atoms with Gasteiger partial charge in [0.1, 0.15) is 11.6 Å². The number of aryl methyl sites for hydroxylation is 1. The van der Waals surface area contributed by atoms with Crippen molar-refractivity contribution in [3.8, 4) is 5.75 Å². The number of rotatable bonds is 7. The van der Waals surface area contributed by atoms with E-state index in [1.54, 1.807) is 54.6 Å². The van der Waals surface area contributed by atoms with Crippen LogP contribution in [0.25, 0.3) is 10.9 Å². The van der Waals surface area contributed by atoms with Gasteiger partial charge in [0.05, 0.1) is 35.5 Å². The summed E-state index contributed by atoms with van der Waals surface area (Å²) < 4.78 is 26.8. The fraction of sp³-hybridized carbons (Fsp3) is 0.308. The van der Waals surface area contributed by atoms with E-state index in [1.807, 2.05) is 0 Å². The minimum Gasteiger partial charge on any atom is -0.410 e. The lowest BCUT2D eigenvalue weighted by Gasteiger charge is -2.28. The number of fused-ring (bicyclic) bond motifs is 1. The molecule has 38 heavy (non-hydrogen) atoms. The van der Waals surface area contributed by atoms with E-state index in [9.17, 15) is 14.3 Å². The number of carbonyl (C=O) groups is 1. The number of halogens is 2. The number of anilines is 1. The molecule has 2 aromatic heterocycles. The lowest BCUT2D eigenvalue weighted by molar-refractivity contribution is -0.0213. The SMILES string of the molecule is Cn1cc([C@@H](NC(=O)Oc2ccc3cnc(N[C@H]4CCO[C@H](CO)C4)nc3c2)c2ccc(Cl)c(F)c2)cn1. The monoisotopic (exact) mass is 540 g/mol. The number of carbonyl (C=O) groups excluding carboxylic acids is 1. The van der Waals surface area contributed by atoms with Gasteiger partial charge in [0, 0.05) is 49.1 Å². The highest BCUT2D eigenvalue weighted by Crippen LogP contribution is 2.27. The molecule has 12 heteroatoms. The van der Waals surface area contributed by atoms with Crippen LogP contribution in [0.2, 0.25) is 5.02 Å². The van der Waals surface area contributed by atoms with E-state index in [-0.39, 0.29) is 29.5 Å². The summed E-state index contributed by atoms with van der Waals surface area (Å²) in [4.78, 5) is 21.8. The molecule has 0 aliphatic carbocycles. The van der Waals surface area contributed by atoms with Gasteiger partial charge >= 0.3 is 6.09 Å². The highest BCUT2D eigenvalue weighted by molar-refractivity contribution is 6.30. The molecule has 1 amide bonds. The summed E-state index contributed by atoms with van der Waals surface area (Å²) >= 11 is 5.84.